The average Bonchev–Trinajstić information content (AvgIpc) is 2.37. The van der Waals surface area contributed by atoms with E-state index in [0.29, 0.717) is 6.61 Å². The number of hydrogen-bond acceptors (Lipinski definition) is 4. The van der Waals surface area contributed by atoms with Crippen LogP contribution >= 0.6 is 15.9 Å². The number of ether oxygens (including phenoxy) is 2. The van der Waals surface area contributed by atoms with Gasteiger partial charge in [0, 0.05) is 10.5 Å². The molecule has 0 spiro atoms. The third kappa shape index (κ3) is 5.13. The smallest absolute Gasteiger partial charge is 0.344 e. The highest BCUT2D eigenvalue weighted by Gasteiger charge is 2.13. The van der Waals surface area contributed by atoms with Crippen LogP contribution in [0.25, 0.3) is 0 Å². The molecule has 0 aromatic heterocycles. The van der Waals surface area contributed by atoms with Crippen LogP contribution in [0.5, 0.6) is 5.75 Å². The second-order valence-corrected chi connectivity index (χ2v) is 5.59. The van der Waals surface area contributed by atoms with E-state index in [1.165, 1.54) is 0 Å². The molecule has 2 N–H and O–H groups in total. The largest absolute Gasteiger partial charge is 0.481 e. The van der Waals surface area contributed by atoms with Crippen LogP contribution in [-0.2, 0) is 16.0 Å². The SMILES string of the molecule is CCOC(=O)COc1c(C)cc(Br)cc1CC(N)CC. The Morgan fingerprint density at radius 3 is 2.70 bits per heavy atom. The van der Waals surface area contributed by atoms with Crippen molar-refractivity contribution >= 4 is 21.9 Å². The molecule has 4 nitrogen and oxygen atoms in total. The Bertz CT molecular complexity index is 463. The van der Waals surface area contributed by atoms with E-state index in [1.807, 2.05) is 19.1 Å². The molecular weight excluding hydrogens is 322 g/mol. The average molecular weight is 344 g/mol. The van der Waals surface area contributed by atoms with Gasteiger partial charge in [0.2, 0.25) is 0 Å². The monoisotopic (exact) mass is 343 g/mol. The number of carbonyl (C=O) groups excluding carboxylic acids is 1. The lowest BCUT2D eigenvalue weighted by Crippen LogP contribution is -2.22. The second-order valence-electron chi connectivity index (χ2n) is 4.68. The van der Waals surface area contributed by atoms with Crippen LogP contribution in [-0.4, -0.2) is 25.2 Å². The van der Waals surface area contributed by atoms with Crippen LogP contribution in [0, 0.1) is 6.92 Å². The van der Waals surface area contributed by atoms with Crippen molar-refractivity contribution in [3.05, 3.63) is 27.7 Å². The Labute approximate surface area is 128 Å². The molecule has 0 aliphatic carbocycles. The predicted octanol–water partition coefficient (Wildman–Crippen LogP) is 2.98. The molecule has 0 fully saturated rings. The Kier molecular flexibility index (Phi) is 7.02. The lowest BCUT2D eigenvalue weighted by Gasteiger charge is -2.17. The van der Waals surface area contributed by atoms with Crippen molar-refractivity contribution in [1.29, 1.82) is 0 Å². The molecule has 0 saturated heterocycles. The van der Waals surface area contributed by atoms with Crippen LogP contribution in [0.15, 0.2) is 16.6 Å². The van der Waals surface area contributed by atoms with Gasteiger partial charge in [0.1, 0.15) is 5.75 Å². The van der Waals surface area contributed by atoms with Gasteiger partial charge in [0.15, 0.2) is 6.61 Å². The number of halogens is 1. The van der Waals surface area contributed by atoms with Gasteiger partial charge in [-0.25, -0.2) is 4.79 Å². The summed E-state index contributed by atoms with van der Waals surface area (Å²) in [5.41, 5.74) is 8.00. The lowest BCUT2D eigenvalue weighted by molar-refractivity contribution is -0.145. The molecule has 0 aliphatic heterocycles. The molecule has 1 rings (SSSR count). The van der Waals surface area contributed by atoms with Gasteiger partial charge in [-0.15, -0.1) is 0 Å². The maximum atomic E-state index is 11.4. The summed E-state index contributed by atoms with van der Waals surface area (Å²) in [5, 5.41) is 0. The minimum absolute atomic E-state index is 0.0774. The van der Waals surface area contributed by atoms with Crippen LogP contribution in [0.1, 0.15) is 31.4 Å². The molecule has 0 aliphatic rings. The minimum Gasteiger partial charge on any atom is -0.481 e. The zero-order valence-electron chi connectivity index (χ0n) is 12.2. The molecule has 112 valence electrons. The van der Waals surface area contributed by atoms with E-state index in [1.54, 1.807) is 6.92 Å². The predicted molar refractivity (Wildman–Crippen MR) is 83.0 cm³/mol. The van der Waals surface area contributed by atoms with Gasteiger partial charge in [-0.3, -0.25) is 0 Å². The fourth-order valence-electron chi connectivity index (χ4n) is 1.92. The summed E-state index contributed by atoms with van der Waals surface area (Å²) in [4.78, 5) is 11.4. The first-order valence-corrected chi connectivity index (χ1v) is 7.60. The molecule has 1 atom stereocenters. The third-order valence-corrected chi connectivity index (χ3v) is 3.42. The molecule has 0 bridgehead atoms. The Morgan fingerprint density at radius 1 is 1.40 bits per heavy atom. The van der Waals surface area contributed by atoms with Crippen LogP contribution in [0.2, 0.25) is 0 Å². The topological polar surface area (TPSA) is 61.5 Å². The third-order valence-electron chi connectivity index (χ3n) is 2.96. The van der Waals surface area contributed by atoms with E-state index in [-0.39, 0.29) is 18.6 Å². The first-order valence-electron chi connectivity index (χ1n) is 6.80. The maximum absolute atomic E-state index is 11.4. The summed E-state index contributed by atoms with van der Waals surface area (Å²) < 4.78 is 11.5. The number of carbonyl (C=O) groups is 1. The van der Waals surface area contributed by atoms with E-state index < -0.39 is 0 Å². The lowest BCUT2D eigenvalue weighted by atomic mass is 10.0. The second kappa shape index (κ2) is 8.27. The first kappa shape index (κ1) is 17.0. The fraction of sp³-hybridized carbons (Fsp3) is 0.533. The fourth-order valence-corrected chi connectivity index (χ4v) is 2.54. The van der Waals surface area contributed by atoms with Crippen LogP contribution < -0.4 is 10.5 Å². The van der Waals surface area contributed by atoms with Gasteiger partial charge in [-0.2, -0.15) is 0 Å². The minimum atomic E-state index is -0.361. The molecule has 0 amide bonds. The quantitative estimate of drug-likeness (QED) is 0.773. The van der Waals surface area contributed by atoms with E-state index in [4.69, 9.17) is 15.2 Å². The van der Waals surface area contributed by atoms with Gasteiger partial charge in [-0.05, 0) is 49.9 Å². The molecule has 1 aromatic rings. The molecule has 0 heterocycles. The van der Waals surface area contributed by atoms with Crippen LogP contribution in [0.4, 0.5) is 0 Å². The van der Waals surface area contributed by atoms with Crippen molar-refractivity contribution in [3.63, 3.8) is 0 Å². The molecule has 20 heavy (non-hydrogen) atoms. The molecule has 1 aromatic carbocycles. The number of rotatable bonds is 7. The van der Waals surface area contributed by atoms with E-state index in [2.05, 4.69) is 22.9 Å². The Morgan fingerprint density at radius 2 is 2.10 bits per heavy atom. The maximum Gasteiger partial charge on any atom is 0.344 e. The summed E-state index contributed by atoms with van der Waals surface area (Å²) >= 11 is 3.48. The van der Waals surface area contributed by atoms with Gasteiger partial charge in [0.05, 0.1) is 6.61 Å². The van der Waals surface area contributed by atoms with Crippen molar-refractivity contribution in [1.82, 2.24) is 0 Å². The molecule has 5 heteroatoms. The summed E-state index contributed by atoms with van der Waals surface area (Å²) in [6.07, 6.45) is 1.61. The summed E-state index contributed by atoms with van der Waals surface area (Å²) in [6, 6.07) is 4.03. The zero-order chi connectivity index (χ0) is 15.1. The Hall–Kier alpha value is -1.07. The molecule has 0 radical (unpaired) electrons. The number of benzene rings is 1. The number of nitrogens with two attached hydrogens (primary N) is 1. The van der Waals surface area contributed by atoms with Crippen molar-refractivity contribution in [3.8, 4) is 5.75 Å². The Balaban J connectivity index is 2.89. The zero-order valence-corrected chi connectivity index (χ0v) is 13.8. The van der Waals surface area contributed by atoms with Gasteiger partial charge in [0.25, 0.3) is 0 Å². The molecular formula is C15H22BrNO3. The van der Waals surface area contributed by atoms with Crippen molar-refractivity contribution < 1.29 is 14.3 Å². The van der Waals surface area contributed by atoms with Gasteiger partial charge in [-0.1, -0.05) is 22.9 Å². The van der Waals surface area contributed by atoms with Crippen molar-refractivity contribution in [2.45, 2.75) is 39.7 Å². The standard InChI is InChI=1S/C15H22BrNO3/c1-4-13(17)8-11-7-12(16)6-10(3)15(11)20-9-14(18)19-5-2/h6-7,13H,4-5,8-9,17H2,1-3H3. The van der Waals surface area contributed by atoms with Crippen LogP contribution in [0.3, 0.4) is 0 Å². The van der Waals surface area contributed by atoms with E-state index >= 15 is 0 Å². The highest BCUT2D eigenvalue weighted by atomic mass is 79.9. The first-order chi connectivity index (χ1) is 9.47. The van der Waals surface area contributed by atoms with Crippen molar-refractivity contribution in [2.24, 2.45) is 5.73 Å². The summed E-state index contributed by atoms with van der Waals surface area (Å²) in [7, 11) is 0. The van der Waals surface area contributed by atoms with E-state index in [0.717, 1.165) is 34.2 Å². The van der Waals surface area contributed by atoms with Gasteiger partial charge >= 0.3 is 5.97 Å². The normalized spacial score (nSPS) is 12.1. The number of esters is 1. The summed E-state index contributed by atoms with van der Waals surface area (Å²) in [6.45, 7) is 6.05. The number of hydrogen-bond donors (Lipinski definition) is 1. The van der Waals surface area contributed by atoms with E-state index in [9.17, 15) is 4.79 Å². The highest BCUT2D eigenvalue weighted by Crippen LogP contribution is 2.29. The van der Waals surface area contributed by atoms with Crippen molar-refractivity contribution in [2.75, 3.05) is 13.2 Å². The summed E-state index contributed by atoms with van der Waals surface area (Å²) in [5.74, 6) is 0.366. The number of aryl methyl sites for hydroxylation is 1. The highest BCUT2D eigenvalue weighted by molar-refractivity contribution is 9.10. The van der Waals surface area contributed by atoms with Gasteiger partial charge < -0.3 is 15.2 Å². The molecule has 1 unspecified atom stereocenters. The molecule has 0 saturated carbocycles.